The third kappa shape index (κ3) is 5.37. The van der Waals surface area contributed by atoms with Crippen LogP contribution in [0, 0.1) is 6.92 Å². The van der Waals surface area contributed by atoms with Crippen molar-refractivity contribution in [3.05, 3.63) is 35.2 Å². The van der Waals surface area contributed by atoms with Gasteiger partial charge in [0, 0.05) is 6.20 Å². The minimum Gasteiger partial charge on any atom is -0.488 e. The minimum absolute atomic E-state index is 0.128. The van der Waals surface area contributed by atoms with E-state index in [2.05, 4.69) is 4.98 Å². The highest BCUT2D eigenvalue weighted by Gasteiger charge is 2.51. The highest BCUT2D eigenvalue weighted by molar-refractivity contribution is 6.19. The molecule has 1 unspecified atom stereocenters. The summed E-state index contributed by atoms with van der Waals surface area (Å²) in [6, 6.07) is 2.04. The predicted octanol–water partition coefficient (Wildman–Crippen LogP) is 3.08. The van der Waals surface area contributed by atoms with Gasteiger partial charge in [0.25, 0.3) is 5.91 Å². The van der Waals surface area contributed by atoms with Gasteiger partial charge in [-0.2, -0.15) is 0 Å². The number of aromatic nitrogens is 1. The van der Waals surface area contributed by atoms with Crippen molar-refractivity contribution >= 4 is 23.7 Å². The fraction of sp³-hybridized carbons (Fsp3) is 0.545. The lowest BCUT2D eigenvalue weighted by Gasteiger charge is -2.28. The smallest absolute Gasteiger partial charge is 0.341 e. The van der Waals surface area contributed by atoms with Gasteiger partial charge in [-0.15, -0.1) is 0 Å². The molecule has 0 saturated heterocycles. The van der Waals surface area contributed by atoms with Gasteiger partial charge in [0.2, 0.25) is 0 Å². The zero-order valence-electron chi connectivity index (χ0n) is 18.9. The first-order valence-electron chi connectivity index (χ1n) is 9.84. The van der Waals surface area contributed by atoms with Gasteiger partial charge in [0.05, 0.1) is 6.61 Å². The lowest BCUT2D eigenvalue weighted by atomic mass is 10.1. The molecule has 0 saturated carbocycles. The number of esters is 2. The Morgan fingerprint density at radius 1 is 1.10 bits per heavy atom. The van der Waals surface area contributed by atoms with Crippen molar-refractivity contribution in [2.45, 2.75) is 72.6 Å². The average molecular weight is 418 g/mol. The number of ether oxygens (including phenoxy) is 3. The van der Waals surface area contributed by atoms with Crippen molar-refractivity contribution in [1.29, 1.82) is 0 Å². The molecule has 1 aromatic heterocycles. The van der Waals surface area contributed by atoms with E-state index in [4.69, 9.17) is 14.2 Å². The molecule has 2 rings (SSSR count). The van der Waals surface area contributed by atoms with Crippen molar-refractivity contribution in [3.63, 3.8) is 0 Å². The van der Waals surface area contributed by atoms with E-state index < -0.39 is 35.1 Å². The first-order valence-corrected chi connectivity index (χ1v) is 9.84. The molecule has 0 bridgehead atoms. The van der Waals surface area contributed by atoms with Crippen LogP contribution in [0.2, 0.25) is 0 Å². The van der Waals surface area contributed by atoms with E-state index in [0.717, 1.165) is 10.5 Å². The van der Waals surface area contributed by atoms with Crippen LogP contribution in [0.25, 0.3) is 0 Å². The molecule has 0 spiro atoms. The first kappa shape index (κ1) is 23.4. The summed E-state index contributed by atoms with van der Waals surface area (Å²) in [5, 5.41) is 0. The third-order valence-corrected chi connectivity index (χ3v) is 3.87. The van der Waals surface area contributed by atoms with Crippen LogP contribution in [0.15, 0.2) is 29.7 Å². The molecule has 30 heavy (non-hydrogen) atoms. The van der Waals surface area contributed by atoms with Crippen molar-refractivity contribution in [2.24, 2.45) is 0 Å². The molecule has 0 N–H and O–H groups in total. The van der Waals surface area contributed by atoms with Crippen molar-refractivity contribution in [1.82, 2.24) is 4.98 Å². The molecule has 0 aliphatic carbocycles. The van der Waals surface area contributed by atoms with Crippen LogP contribution in [-0.2, 0) is 28.6 Å². The number of carbonyl (C=O) groups excluding carboxylic acids is 3. The molecule has 164 valence electrons. The van der Waals surface area contributed by atoms with Crippen LogP contribution >= 0.6 is 0 Å². The number of amides is 1. The molecular weight excluding hydrogens is 388 g/mol. The minimum atomic E-state index is -1.37. The molecule has 0 radical (unpaired) electrons. The lowest BCUT2D eigenvalue weighted by molar-refractivity contribution is -0.159. The second kappa shape index (κ2) is 8.45. The molecular formula is C22H30N2O6. The standard InChI is InChI=1S/C22H30N2O6/c1-9-28-17-15(19(26)29-21(3,4)5)16(20(27)30-22(6,7)8)24(18(17)25)14-12-13(2)10-11-23-14/h10-12,16H,9H2,1-8H3. The molecule has 1 aliphatic heterocycles. The zero-order valence-corrected chi connectivity index (χ0v) is 18.9. The monoisotopic (exact) mass is 418 g/mol. The summed E-state index contributed by atoms with van der Waals surface area (Å²) in [6.45, 7) is 13.9. The molecule has 1 aliphatic rings. The molecule has 8 heteroatoms. The Labute approximate surface area is 177 Å². The van der Waals surface area contributed by atoms with Crippen LogP contribution < -0.4 is 4.90 Å². The summed E-state index contributed by atoms with van der Waals surface area (Å²) in [4.78, 5) is 44.8. The Kier molecular flexibility index (Phi) is 6.59. The number of hydrogen-bond acceptors (Lipinski definition) is 7. The maximum atomic E-state index is 13.3. The number of hydrogen-bond donors (Lipinski definition) is 0. The summed E-state index contributed by atoms with van der Waals surface area (Å²) >= 11 is 0. The van der Waals surface area contributed by atoms with Gasteiger partial charge in [0.1, 0.15) is 22.6 Å². The largest absolute Gasteiger partial charge is 0.488 e. The van der Waals surface area contributed by atoms with Crippen LogP contribution in [0.5, 0.6) is 0 Å². The van der Waals surface area contributed by atoms with Crippen molar-refractivity contribution < 1.29 is 28.6 Å². The van der Waals surface area contributed by atoms with E-state index in [0.29, 0.717) is 0 Å². The maximum absolute atomic E-state index is 13.3. The number of anilines is 1. The summed E-state index contributed by atoms with van der Waals surface area (Å²) in [7, 11) is 0. The van der Waals surface area contributed by atoms with Crippen LogP contribution in [0.3, 0.4) is 0 Å². The van der Waals surface area contributed by atoms with Crippen molar-refractivity contribution in [3.8, 4) is 0 Å². The van der Waals surface area contributed by atoms with Gasteiger partial charge in [-0.05, 0) is 73.1 Å². The zero-order chi connectivity index (χ0) is 22.9. The van der Waals surface area contributed by atoms with Gasteiger partial charge in [-0.1, -0.05) is 0 Å². The Balaban J connectivity index is 2.65. The van der Waals surface area contributed by atoms with Gasteiger partial charge in [0.15, 0.2) is 11.8 Å². The number of pyridine rings is 1. The quantitative estimate of drug-likeness (QED) is 0.678. The van der Waals surface area contributed by atoms with Crippen LogP contribution in [0.1, 0.15) is 54.0 Å². The number of aryl methyl sites for hydroxylation is 1. The first-order chi connectivity index (χ1) is 13.7. The molecule has 1 atom stereocenters. The fourth-order valence-corrected chi connectivity index (χ4v) is 2.89. The number of carbonyl (C=O) groups is 3. The SMILES string of the molecule is CCOC1=C(C(=O)OC(C)(C)C)C(C(=O)OC(C)(C)C)N(c2cc(C)ccn2)C1=O. The predicted molar refractivity (Wildman–Crippen MR) is 111 cm³/mol. The van der Waals surface area contributed by atoms with E-state index in [1.54, 1.807) is 60.6 Å². The molecule has 1 aromatic rings. The number of rotatable bonds is 5. The molecule has 8 nitrogen and oxygen atoms in total. The van der Waals surface area contributed by atoms with E-state index >= 15 is 0 Å². The molecule has 0 aromatic carbocycles. The Hall–Kier alpha value is -2.90. The molecule has 2 heterocycles. The molecule has 0 fully saturated rings. The van der Waals surface area contributed by atoms with E-state index in [1.807, 2.05) is 6.92 Å². The fourth-order valence-electron chi connectivity index (χ4n) is 2.89. The number of nitrogens with zero attached hydrogens (tertiary/aromatic N) is 2. The lowest BCUT2D eigenvalue weighted by Crippen LogP contribution is -2.46. The van der Waals surface area contributed by atoms with Gasteiger partial charge in [-0.3, -0.25) is 9.69 Å². The summed E-state index contributed by atoms with van der Waals surface area (Å²) in [5.74, 6) is -2.25. The summed E-state index contributed by atoms with van der Waals surface area (Å²) in [5.41, 5.74) is -1.02. The summed E-state index contributed by atoms with van der Waals surface area (Å²) in [6.07, 6.45) is 1.52. The second-order valence-electron chi connectivity index (χ2n) is 8.98. The third-order valence-electron chi connectivity index (χ3n) is 3.87. The average Bonchev–Trinajstić information content (AvgIpc) is 2.85. The topological polar surface area (TPSA) is 95.0 Å². The van der Waals surface area contributed by atoms with Crippen LogP contribution in [-0.4, -0.2) is 46.7 Å². The molecule has 1 amide bonds. The van der Waals surface area contributed by atoms with E-state index in [9.17, 15) is 14.4 Å². The Morgan fingerprint density at radius 2 is 1.70 bits per heavy atom. The maximum Gasteiger partial charge on any atom is 0.341 e. The summed E-state index contributed by atoms with van der Waals surface area (Å²) < 4.78 is 16.5. The highest BCUT2D eigenvalue weighted by Crippen LogP contribution is 2.34. The van der Waals surface area contributed by atoms with E-state index in [-0.39, 0.29) is 23.8 Å². The van der Waals surface area contributed by atoms with Gasteiger partial charge in [-0.25, -0.2) is 14.6 Å². The Bertz CT molecular complexity index is 876. The van der Waals surface area contributed by atoms with Crippen LogP contribution in [0.4, 0.5) is 5.82 Å². The van der Waals surface area contributed by atoms with Crippen molar-refractivity contribution in [2.75, 3.05) is 11.5 Å². The van der Waals surface area contributed by atoms with E-state index in [1.165, 1.54) is 6.20 Å². The highest BCUT2D eigenvalue weighted by atomic mass is 16.6. The van der Waals surface area contributed by atoms with Gasteiger partial charge >= 0.3 is 11.9 Å². The second-order valence-corrected chi connectivity index (χ2v) is 8.98. The van der Waals surface area contributed by atoms with Gasteiger partial charge < -0.3 is 14.2 Å². The Morgan fingerprint density at radius 3 is 2.20 bits per heavy atom. The normalized spacial score (nSPS) is 17.3.